The first-order valence-electron chi connectivity index (χ1n) is 10.7. The molecule has 1 aromatic heterocycles. The second-order valence-electron chi connectivity index (χ2n) is 7.71. The van der Waals surface area contributed by atoms with Crippen molar-refractivity contribution in [3.63, 3.8) is 0 Å². The number of Topliss-reactive ketones (excluding diaryl/α,β-unsaturated/α-hetero) is 1. The summed E-state index contributed by atoms with van der Waals surface area (Å²) in [5, 5.41) is 3.90. The second kappa shape index (κ2) is 10.2. The Morgan fingerprint density at radius 1 is 1.00 bits per heavy atom. The highest BCUT2D eigenvalue weighted by molar-refractivity contribution is 5.98. The number of hydrogen-bond acceptors (Lipinski definition) is 8. The summed E-state index contributed by atoms with van der Waals surface area (Å²) in [6.45, 7) is 4.83. The van der Waals surface area contributed by atoms with E-state index in [2.05, 4.69) is 5.16 Å². The molecule has 2 aromatic carbocycles. The van der Waals surface area contributed by atoms with Gasteiger partial charge in [-0.1, -0.05) is 17.3 Å². The molecular weight excluding hydrogens is 426 g/mol. The van der Waals surface area contributed by atoms with E-state index in [4.69, 9.17) is 23.5 Å². The topological polar surface area (TPSA) is 97.1 Å². The first-order chi connectivity index (χ1) is 16.0. The van der Waals surface area contributed by atoms with Crippen molar-refractivity contribution in [2.24, 2.45) is 0 Å². The van der Waals surface area contributed by atoms with E-state index in [0.29, 0.717) is 42.6 Å². The van der Waals surface area contributed by atoms with Gasteiger partial charge in [0.05, 0.1) is 30.9 Å². The van der Waals surface area contributed by atoms with Gasteiger partial charge in [0.1, 0.15) is 18.1 Å². The normalized spacial score (nSPS) is 12.7. The van der Waals surface area contributed by atoms with Crippen LogP contribution in [0.15, 0.2) is 47.0 Å². The summed E-state index contributed by atoms with van der Waals surface area (Å²) in [5.41, 5.74) is 2.88. The predicted molar refractivity (Wildman–Crippen MR) is 118 cm³/mol. The molecule has 33 heavy (non-hydrogen) atoms. The van der Waals surface area contributed by atoms with Gasteiger partial charge in [-0.25, -0.2) is 0 Å². The van der Waals surface area contributed by atoms with Gasteiger partial charge in [-0.3, -0.25) is 9.59 Å². The molecule has 0 aliphatic carbocycles. The molecule has 8 heteroatoms. The molecule has 8 nitrogen and oxygen atoms in total. The molecule has 0 saturated carbocycles. The number of ether oxygens (including phenoxy) is 4. The average molecular weight is 451 g/mol. The van der Waals surface area contributed by atoms with Crippen molar-refractivity contribution in [3.05, 3.63) is 70.6 Å². The molecule has 0 fully saturated rings. The van der Waals surface area contributed by atoms with Crippen LogP contribution in [-0.2, 0) is 22.6 Å². The quantitative estimate of drug-likeness (QED) is 0.375. The molecule has 4 rings (SSSR count). The molecule has 0 N–H and O–H groups in total. The summed E-state index contributed by atoms with van der Waals surface area (Å²) in [6, 6.07) is 12.1. The lowest BCUT2D eigenvalue weighted by molar-refractivity contribution is -0.141. The monoisotopic (exact) mass is 451 g/mol. The van der Waals surface area contributed by atoms with E-state index in [0.717, 1.165) is 29.0 Å². The Balaban J connectivity index is 1.25. The van der Waals surface area contributed by atoms with Crippen molar-refractivity contribution in [2.45, 2.75) is 33.3 Å². The SMILES string of the molecule is Cc1noc(C)c1COc1ccc(CC(=O)OCC(=O)c2ccc3c(c2)OCCCO3)cc1. The van der Waals surface area contributed by atoms with Crippen molar-refractivity contribution in [2.75, 3.05) is 19.8 Å². The minimum Gasteiger partial charge on any atom is -0.490 e. The fourth-order valence-electron chi connectivity index (χ4n) is 3.35. The number of aromatic nitrogens is 1. The van der Waals surface area contributed by atoms with Gasteiger partial charge in [0.25, 0.3) is 0 Å². The van der Waals surface area contributed by atoms with E-state index in [1.807, 2.05) is 13.8 Å². The van der Waals surface area contributed by atoms with E-state index in [1.165, 1.54) is 0 Å². The molecule has 2 heterocycles. The van der Waals surface area contributed by atoms with Crippen LogP contribution in [0.4, 0.5) is 0 Å². The standard InChI is InChI=1S/C25H25NO7/c1-16-21(17(2)33-26-16)14-31-20-7-4-18(5-8-20)12-25(28)32-15-22(27)19-6-9-23-24(13-19)30-11-3-10-29-23/h4-9,13H,3,10-12,14-15H2,1-2H3. The van der Waals surface area contributed by atoms with Gasteiger partial charge in [-0.2, -0.15) is 0 Å². The third kappa shape index (κ3) is 5.71. The molecule has 0 saturated heterocycles. The third-order valence-electron chi connectivity index (χ3n) is 5.27. The van der Waals surface area contributed by atoms with E-state index in [-0.39, 0.29) is 18.8 Å². The van der Waals surface area contributed by atoms with Crippen LogP contribution < -0.4 is 14.2 Å². The first-order valence-corrected chi connectivity index (χ1v) is 10.7. The highest BCUT2D eigenvalue weighted by atomic mass is 16.5. The maximum Gasteiger partial charge on any atom is 0.310 e. The van der Waals surface area contributed by atoms with Crippen LogP contribution in [0.25, 0.3) is 0 Å². The molecule has 3 aromatic rings. The number of esters is 1. The first kappa shape index (κ1) is 22.4. The highest BCUT2D eigenvalue weighted by Gasteiger charge is 2.16. The van der Waals surface area contributed by atoms with Gasteiger partial charge in [-0.05, 0) is 49.7 Å². The zero-order valence-electron chi connectivity index (χ0n) is 18.6. The zero-order chi connectivity index (χ0) is 23.2. The number of nitrogens with zero attached hydrogens (tertiary/aromatic N) is 1. The Hall–Kier alpha value is -3.81. The number of ketones is 1. The third-order valence-corrected chi connectivity index (χ3v) is 5.27. The van der Waals surface area contributed by atoms with Crippen molar-refractivity contribution in [3.8, 4) is 17.2 Å². The lowest BCUT2D eigenvalue weighted by Crippen LogP contribution is -2.15. The van der Waals surface area contributed by atoms with Gasteiger partial charge in [0, 0.05) is 12.0 Å². The molecule has 0 spiro atoms. The number of carbonyl (C=O) groups is 2. The van der Waals surface area contributed by atoms with E-state index < -0.39 is 5.97 Å². The van der Waals surface area contributed by atoms with E-state index in [9.17, 15) is 9.59 Å². The molecule has 0 atom stereocenters. The van der Waals surface area contributed by atoms with Gasteiger partial charge >= 0.3 is 5.97 Å². The number of carbonyl (C=O) groups excluding carboxylic acids is 2. The summed E-state index contributed by atoms with van der Waals surface area (Å²) >= 11 is 0. The molecule has 1 aliphatic heterocycles. The van der Waals surface area contributed by atoms with E-state index in [1.54, 1.807) is 42.5 Å². The van der Waals surface area contributed by atoms with Crippen molar-refractivity contribution >= 4 is 11.8 Å². The number of aryl methyl sites for hydroxylation is 2. The number of rotatable bonds is 8. The molecule has 0 bridgehead atoms. The molecule has 0 radical (unpaired) electrons. The Labute approximate surface area is 191 Å². The Morgan fingerprint density at radius 3 is 2.48 bits per heavy atom. The predicted octanol–water partition coefficient (Wildman–Crippen LogP) is 4.00. The Morgan fingerprint density at radius 2 is 1.76 bits per heavy atom. The maximum absolute atomic E-state index is 12.4. The lowest BCUT2D eigenvalue weighted by atomic mass is 10.1. The van der Waals surface area contributed by atoms with Crippen LogP contribution >= 0.6 is 0 Å². The van der Waals surface area contributed by atoms with Crippen molar-refractivity contribution in [1.29, 1.82) is 0 Å². The van der Waals surface area contributed by atoms with Crippen LogP contribution in [0, 0.1) is 13.8 Å². The van der Waals surface area contributed by atoms with Crippen LogP contribution in [0.1, 0.15) is 39.4 Å². The van der Waals surface area contributed by atoms with Crippen molar-refractivity contribution in [1.82, 2.24) is 5.16 Å². The molecule has 0 amide bonds. The lowest BCUT2D eigenvalue weighted by Gasteiger charge is -2.09. The van der Waals surface area contributed by atoms with Gasteiger partial charge in [-0.15, -0.1) is 0 Å². The molecule has 0 unspecified atom stereocenters. The molecule has 172 valence electrons. The largest absolute Gasteiger partial charge is 0.490 e. The minimum atomic E-state index is -0.484. The van der Waals surface area contributed by atoms with Gasteiger partial charge < -0.3 is 23.5 Å². The zero-order valence-corrected chi connectivity index (χ0v) is 18.6. The van der Waals surface area contributed by atoms with Crippen LogP contribution in [0.5, 0.6) is 17.2 Å². The van der Waals surface area contributed by atoms with Gasteiger partial charge in [0.15, 0.2) is 23.9 Å². The summed E-state index contributed by atoms with van der Waals surface area (Å²) in [7, 11) is 0. The second-order valence-corrected chi connectivity index (χ2v) is 7.71. The van der Waals surface area contributed by atoms with E-state index >= 15 is 0 Å². The minimum absolute atomic E-state index is 0.0541. The average Bonchev–Trinajstić information content (AvgIpc) is 3.00. The van der Waals surface area contributed by atoms with Gasteiger partial charge in [0.2, 0.25) is 0 Å². The number of hydrogen-bond donors (Lipinski definition) is 0. The molecular formula is C25H25NO7. The van der Waals surface area contributed by atoms with Crippen LogP contribution in [0.2, 0.25) is 0 Å². The smallest absolute Gasteiger partial charge is 0.310 e. The highest BCUT2D eigenvalue weighted by Crippen LogP contribution is 2.30. The summed E-state index contributed by atoms with van der Waals surface area (Å²) < 4.78 is 27.2. The fourth-order valence-corrected chi connectivity index (χ4v) is 3.35. The molecule has 1 aliphatic rings. The maximum atomic E-state index is 12.4. The van der Waals surface area contributed by atoms with Crippen LogP contribution in [-0.4, -0.2) is 36.7 Å². The Bertz CT molecular complexity index is 1110. The van der Waals surface area contributed by atoms with Crippen molar-refractivity contribution < 1.29 is 33.1 Å². The Kier molecular flexibility index (Phi) is 6.92. The summed E-state index contributed by atoms with van der Waals surface area (Å²) in [4.78, 5) is 24.6. The van der Waals surface area contributed by atoms with Crippen LogP contribution in [0.3, 0.4) is 0 Å². The fraction of sp³-hybridized carbons (Fsp3) is 0.320. The summed E-state index contributed by atoms with van der Waals surface area (Å²) in [6.07, 6.45) is 0.836. The number of benzene rings is 2. The number of fused-ring (bicyclic) bond motifs is 1. The summed E-state index contributed by atoms with van der Waals surface area (Å²) in [5.74, 6) is 1.75.